The Morgan fingerprint density at radius 1 is 0.744 bits per heavy atom. The molecule has 0 bridgehead atoms. The molecule has 0 spiro atoms. The van der Waals surface area contributed by atoms with Crippen molar-refractivity contribution in [1.82, 2.24) is 0 Å². The standard InChI is InChI=1S/C35H32BrClO6/c1-38-35-34(42-23-28-14-8-9-15-30(28)36)33(41-22-26-12-6-3-7-13-26)32(40-21-25-10-4-2-5-11-25)31(43-35)24-39-20-27-16-18-29(37)19-17-27/h2-7,10-16,18,31-35H,20-24H2,1H3/t31?,32-,33+,34?,35+/m0/s1. The number of rotatable bonds is 14. The molecule has 0 radical (unpaired) electrons. The molecule has 43 heavy (non-hydrogen) atoms. The molecule has 0 aliphatic carbocycles. The molecule has 0 N–H and O–H groups in total. The van der Waals surface area contributed by atoms with E-state index in [1.807, 2.05) is 78.9 Å². The molecular formula is C35H32BrClO6. The topological polar surface area (TPSA) is 55.4 Å². The highest BCUT2D eigenvalue weighted by Crippen LogP contribution is 2.31. The van der Waals surface area contributed by atoms with Crippen LogP contribution in [0.5, 0.6) is 0 Å². The molecule has 1 saturated heterocycles. The van der Waals surface area contributed by atoms with E-state index >= 15 is 0 Å². The fraction of sp³-hybridized carbons (Fsp3) is 0.314. The van der Waals surface area contributed by atoms with Crippen LogP contribution in [0.2, 0.25) is 5.02 Å². The average molecular weight is 664 g/mol. The fourth-order valence-corrected chi connectivity index (χ4v) is 5.21. The summed E-state index contributed by atoms with van der Waals surface area (Å²) in [6.45, 7) is 1.52. The summed E-state index contributed by atoms with van der Waals surface area (Å²) in [5.74, 6) is 0. The van der Waals surface area contributed by atoms with Crippen molar-refractivity contribution in [2.75, 3.05) is 13.7 Å². The molecule has 0 saturated carbocycles. The zero-order valence-corrected chi connectivity index (χ0v) is 26.1. The van der Waals surface area contributed by atoms with Crippen LogP contribution in [0.4, 0.5) is 0 Å². The summed E-state index contributed by atoms with van der Waals surface area (Å²) in [6, 6.07) is 39.1. The summed E-state index contributed by atoms with van der Waals surface area (Å²) in [5.41, 5.74) is 3.80. The van der Waals surface area contributed by atoms with Crippen LogP contribution in [-0.4, -0.2) is 44.4 Å². The molecule has 4 aromatic carbocycles. The van der Waals surface area contributed by atoms with Crippen molar-refractivity contribution in [3.63, 3.8) is 0 Å². The Labute approximate surface area is 266 Å². The Kier molecular flexibility index (Phi) is 11.9. The Hall–Kier alpha value is -2.95. The zero-order chi connectivity index (χ0) is 29.9. The van der Waals surface area contributed by atoms with Gasteiger partial charge in [0.2, 0.25) is 0 Å². The summed E-state index contributed by atoms with van der Waals surface area (Å²) < 4.78 is 39.0. The summed E-state index contributed by atoms with van der Waals surface area (Å²) in [6.07, 6.45) is -2.96. The number of benzene rings is 2. The van der Waals surface area contributed by atoms with E-state index in [-0.39, 0.29) is 13.2 Å². The first kappa shape index (κ1) is 31.5. The molecule has 1 heterocycles. The van der Waals surface area contributed by atoms with Gasteiger partial charge < -0.3 is 28.4 Å². The van der Waals surface area contributed by atoms with E-state index in [9.17, 15) is 0 Å². The van der Waals surface area contributed by atoms with Gasteiger partial charge in [0, 0.05) is 28.8 Å². The highest BCUT2D eigenvalue weighted by molar-refractivity contribution is 9.10. The number of ether oxygens (including phenoxy) is 6. The molecule has 1 fully saturated rings. The molecule has 2 unspecified atom stereocenters. The van der Waals surface area contributed by atoms with Crippen LogP contribution < -0.4 is 0 Å². The van der Waals surface area contributed by atoms with Crippen molar-refractivity contribution in [1.29, 1.82) is 0 Å². The van der Waals surface area contributed by atoms with Gasteiger partial charge in [0.25, 0.3) is 0 Å². The Morgan fingerprint density at radius 2 is 1.40 bits per heavy atom. The molecule has 222 valence electrons. The van der Waals surface area contributed by atoms with Gasteiger partial charge in [-0.15, -0.1) is 0 Å². The second-order valence-electron chi connectivity index (χ2n) is 10.00. The van der Waals surface area contributed by atoms with Crippen molar-refractivity contribution in [3.8, 4) is 0 Å². The zero-order valence-electron chi connectivity index (χ0n) is 23.7. The summed E-state index contributed by atoms with van der Waals surface area (Å²) in [7, 11) is 1.60. The van der Waals surface area contributed by atoms with Crippen molar-refractivity contribution < 1.29 is 28.4 Å². The van der Waals surface area contributed by atoms with Gasteiger partial charge >= 0.3 is 0 Å². The molecule has 0 amide bonds. The maximum Gasteiger partial charge on any atom is 0.186 e. The van der Waals surface area contributed by atoms with Gasteiger partial charge in [-0.1, -0.05) is 90.5 Å². The number of halogens is 2. The Balaban J connectivity index is 1.39. The minimum Gasteiger partial charge on any atom is -0.373 e. The molecule has 4 aromatic rings. The van der Waals surface area contributed by atoms with E-state index in [1.165, 1.54) is 0 Å². The van der Waals surface area contributed by atoms with Crippen LogP contribution in [0.3, 0.4) is 0 Å². The van der Waals surface area contributed by atoms with E-state index in [0.717, 1.165) is 26.7 Å². The van der Waals surface area contributed by atoms with Crippen molar-refractivity contribution >= 4 is 27.5 Å². The summed E-state index contributed by atoms with van der Waals surface area (Å²) >= 11 is 9.55. The molecule has 6 nitrogen and oxygen atoms in total. The van der Waals surface area contributed by atoms with E-state index < -0.39 is 30.7 Å². The lowest BCUT2D eigenvalue weighted by molar-refractivity contribution is -0.323. The molecule has 5 rings (SSSR count). The smallest absolute Gasteiger partial charge is 0.186 e. The maximum absolute atomic E-state index is 6.62. The van der Waals surface area contributed by atoms with Crippen LogP contribution in [-0.2, 0) is 54.8 Å². The SMILES string of the molecule is CO[C@@H]1OC(COCc2c#cc(Cl)cc2)[C@H](OCc2ccccc2)[C@@H](OCc2ccccc2)C1OCc1cc#ccc1Br. The van der Waals surface area contributed by atoms with Gasteiger partial charge in [-0.2, -0.15) is 0 Å². The van der Waals surface area contributed by atoms with Crippen molar-refractivity contribution in [2.45, 2.75) is 57.1 Å². The maximum atomic E-state index is 6.62. The van der Waals surface area contributed by atoms with Crippen LogP contribution >= 0.6 is 27.5 Å². The lowest BCUT2D eigenvalue weighted by Gasteiger charge is -2.45. The Bertz CT molecular complexity index is 1370. The lowest BCUT2D eigenvalue weighted by atomic mass is 9.97. The van der Waals surface area contributed by atoms with Gasteiger partial charge in [0.05, 0.1) is 38.1 Å². The highest BCUT2D eigenvalue weighted by Gasteiger charge is 2.48. The van der Waals surface area contributed by atoms with Crippen molar-refractivity contribution in [3.05, 3.63) is 141 Å². The second-order valence-corrected chi connectivity index (χ2v) is 11.3. The summed E-state index contributed by atoms with van der Waals surface area (Å²) in [4.78, 5) is 0. The fourth-order valence-electron chi connectivity index (χ4n) is 4.76. The predicted molar refractivity (Wildman–Crippen MR) is 165 cm³/mol. The predicted octanol–water partition coefficient (Wildman–Crippen LogP) is 6.95. The van der Waals surface area contributed by atoms with Gasteiger partial charge in [-0.05, 0) is 51.3 Å². The Morgan fingerprint density at radius 3 is 2.02 bits per heavy atom. The molecule has 8 heteroatoms. The first-order valence-corrected chi connectivity index (χ1v) is 15.1. The van der Waals surface area contributed by atoms with Crippen LogP contribution in [0.25, 0.3) is 0 Å². The third-order valence-corrected chi connectivity index (χ3v) is 7.93. The monoisotopic (exact) mass is 662 g/mol. The van der Waals surface area contributed by atoms with Crippen LogP contribution in [0, 0.1) is 24.3 Å². The van der Waals surface area contributed by atoms with Crippen molar-refractivity contribution in [2.24, 2.45) is 0 Å². The minimum absolute atomic E-state index is 0.225. The van der Waals surface area contributed by atoms with E-state index in [1.54, 1.807) is 13.2 Å². The largest absolute Gasteiger partial charge is 0.373 e. The van der Waals surface area contributed by atoms with Crippen LogP contribution in [0.1, 0.15) is 22.3 Å². The second kappa shape index (κ2) is 16.2. The number of hydrogen-bond acceptors (Lipinski definition) is 6. The van der Waals surface area contributed by atoms with Gasteiger partial charge in [-0.3, -0.25) is 0 Å². The van der Waals surface area contributed by atoms with E-state index in [4.69, 9.17) is 40.0 Å². The normalized spacial score (nSPS) is 21.6. The van der Waals surface area contributed by atoms with Gasteiger partial charge in [0.15, 0.2) is 6.29 Å². The lowest BCUT2D eigenvalue weighted by Crippen LogP contribution is -2.61. The molecular weight excluding hydrogens is 632 g/mol. The minimum atomic E-state index is -0.737. The molecule has 1 aliphatic rings. The average Bonchev–Trinajstić information content (AvgIpc) is 3.04. The van der Waals surface area contributed by atoms with E-state index in [0.29, 0.717) is 24.8 Å². The number of hydrogen-bond donors (Lipinski definition) is 0. The quantitative estimate of drug-likeness (QED) is 0.146. The number of methoxy groups -OCH3 is 1. The third-order valence-electron chi connectivity index (χ3n) is 6.97. The van der Waals surface area contributed by atoms with Gasteiger partial charge in [-0.25, -0.2) is 0 Å². The highest BCUT2D eigenvalue weighted by atomic mass is 79.9. The summed E-state index contributed by atoms with van der Waals surface area (Å²) in [5, 5.41) is 0.500. The molecule has 1 aliphatic heterocycles. The molecule has 5 atom stereocenters. The first-order chi connectivity index (χ1) is 21.1. The van der Waals surface area contributed by atoms with Gasteiger partial charge in [0.1, 0.15) is 24.4 Å². The first-order valence-electron chi connectivity index (χ1n) is 13.9. The van der Waals surface area contributed by atoms with E-state index in [2.05, 4.69) is 40.2 Å². The van der Waals surface area contributed by atoms with Crippen LogP contribution in [0.15, 0.2) is 89.4 Å². The third kappa shape index (κ3) is 9.03. The molecule has 0 aromatic heterocycles.